The van der Waals surface area contributed by atoms with Crippen molar-refractivity contribution in [2.75, 3.05) is 28.3 Å². The molecule has 0 saturated heterocycles. The predicted octanol–water partition coefficient (Wildman–Crippen LogP) is 2.81. The van der Waals surface area contributed by atoms with Crippen LogP contribution in [0.2, 0.25) is 0 Å². The van der Waals surface area contributed by atoms with Crippen LogP contribution in [0.5, 0.6) is 0 Å². The van der Waals surface area contributed by atoms with Gasteiger partial charge < -0.3 is 14.4 Å². The Balaban J connectivity index is 2.24. The highest BCUT2D eigenvalue weighted by molar-refractivity contribution is 6.07. The summed E-state index contributed by atoms with van der Waals surface area (Å²) in [5, 5.41) is 4.52. The van der Waals surface area contributed by atoms with Gasteiger partial charge in [-0.15, -0.1) is 0 Å². The van der Waals surface area contributed by atoms with E-state index in [9.17, 15) is 14.4 Å². The predicted molar refractivity (Wildman–Crippen MR) is 110 cm³/mol. The van der Waals surface area contributed by atoms with Crippen molar-refractivity contribution in [2.24, 2.45) is 0 Å². The van der Waals surface area contributed by atoms with Gasteiger partial charge in [-0.3, -0.25) is 4.79 Å². The Morgan fingerprint density at radius 2 is 1.47 bits per heavy atom. The number of esters is 2. The zero-order chi connectivity index (χ0) is 21.8. The first-order valence-corrected chi connectivity index (χ1v) is 9.06. The molecule has 0 N–H and O–H groups in total. The summed E-state index contributed by atoms with van der Waals surface area (Å²) in [5.41, 5.74) is 1.80. The first-order valence-electron chi connectivity index (χ1n) is 9.06. The lowest BCUT2D eigenvalue weighted by Crippen LogP contribution is -2.21. The van der Waals surface area contributed by atoms with Crippen molar-refractivity contribution < 1.29 is 23.9 Å². The van der Waals surface area contributed by atoms with Crippen molar-refractivity contribution in [1.29, 1.82) is 0 Å². The van der Waals surface area contributed by atoms with Crippen LogP contribution in [0.15, 0.2) is 54.6 Å². The summed E-state index contributed by atoms with van der Waals surface area (Å²) in [6.45, 7) is 0. The second kappa shape index (κ2) is 8.60. The molecule has 0 spiro atoms. The summed E-state index contributed by atoms with van der Waals surface area (Å²) in [5.74, 6) is -1.60. The second-order valence-electron chi connectivity index (χ2n) is 6.58. The molecular formula is C22H21N3O5. The highest BCUT2D eigenvalue weighted by atomic mass is 16.5. The van der Waals surface area contributed by atoms with Gasteiger partial charge in [0.2, 0.25) is 0 Å². The van der Waals surface area contributed by atoms with E-state index >= 15 is 0 Å². The quantitative estimate of drug-likeness (QED) is 0.604. The maximum atomic E-state index is 12.6. The number of carbonyl (C=O) groups is 3. The number of carbonyl (C=O) groups excluding carboxylic acids is 3. The Hall–Kier alpha value is -3.94. The van der Waals surface area contributed by atoms with E-state index in [2.05, 4.69) is 5.10 Å². The van der Waals surface area contributed by atoms with Crippen LogP contribution in [0.4, 0.5) is 0 Å². The number of para-hydroxylation sites is 1. The number of amides is 1. The zero-order valence-corrected chi connectivity index (χ0v) is 17.1. The van der Waals surface area contributed by atoms with Gasteiger partial charge in [0, 0.05) is 25.2 Å². The Morgan fingerprint density at radius 1 is 0.867 bits per heavy atom. The van der Waals surface area contributed by atoms with Crippen LogP contribution in [0.1, 0.15) is 31.2 Å². The van der Waals surface area contributed by atoms with E-state index in [4.69, 9.17) is 9.47 Å². The van der Waals surface area contributed by atoms with Crippen LogP contribution in [-0.4, -0.2) is 60.8 Å². The van der Waals surface area contributed by atoms with Crippen LogP contribution >= 0.6 is 0 Å². The molecule has 1 amide bonds. The highest BCUT2D eigenvalue weighted by Gasteiger charge is 2.31. The number of ether oxygens (including phenoxy) is 2. The summed E-state index contributed by atoms with van der Waals surface area (Å²) < 4.78 is 11.2. The van der Waals surface area contributed by atoms with Crippen molar-refractivity contribution in [3.8, 4) is 16.9 Å². The highest BCUT2D eigenvalue weighted by Crippen LogP contribution is 2.29. The standard InChI is InChI=1S/C22H21N3O5/c1-24(2)20(26)15-12-10-14(11-13-15)18-17(21(27)29-3)19(22(28)30-4)25(23-18)16-8-6-5-7-9-16/h5-13H,1-4H3. The summed E-state index contributed by atoms with van der Waals surface area (Å²) in [6.07, 6.45) is 0. The molecule has 0 saturated carbocycles. The van der Waals surface area contributed by atoms with Crippen LogP contribution < -0.4 is 0 Å². The van der Waals surface area contributed by atoms with Gasteiger partial charge in [-0.25, -0.2) is 14.3 Å². The minimum absolute atomic E-state index is 0.0140. The lowest BCUT2D eigenvalue weighted by molar-refractivity contribution is 0.0549. The van der Waals surface area contributed by atoms with Crippen LogP contribution in [-0.2, 0) is 9.47 Å². The summed E-state index contributed by atoms with van der Waals surface area (Å²) in [4.78, 5) is 38.8. The molecule has 8 nitrogen and oxygen atoms in total. The van der Waals surface area contributed by atoms with E-state index in [1.807, 2.05) is 6.07 Å². The van der Waals surface area contributed by atoms with E-state index in [0.29, 0.717) is 16.8 Å². The van der Waals surface area contributed by atoms with E-state index < -0.39 is 11.9 Å². The topological polar surface area (TPSA) is 90.7 Å². The molecular weight excluding hydrogens is 386 g/mol. The molecule has 1 aromatic heterocycles. The van der Waals surface area contributed by atoms with Gasteiger partial charge in [-0.05, 0) is 24.3 Å². The van der Waals surface area contributed by atoms with Gasteiger partial charge in [-0.1, -0.05) is 30.3 Å². The molecule has 0 radical (unpaired) electrons. The van der Waals surface area contributed by atoms with Gasteiger partial charge in [0.05, 0.1) is 19.9 Å². The van der Waals surface area contributed by atoms with Crippen LogP contribution in [0.25, 0.3) is 16.9 Å². The molecule has 1 heterocycles. The second-order valence-corrected chi connectivity index (χ2v) is 6.58. The molecule has 0 unspecified atom stereocenters. The Morgan fingerprint density at radius 3 is 2.00 bits per heavy atom. The number of nitrogens with zero attached hydrogens (tertiary/aromatic N) is 3. The van der Waals surface area contributed by atoms with E-state index in [1.165, 1.54) is 23.8 Å². The van der Waals surface area contributed by atoms with E-state index in [0.717, 1.165) is 0 Å². The van der Waals surface area contributed by atoms with Gasteiger partial charge >= 0.3 is 11.9 Å². The van der Waals surface area contributed by atoms with Crippen LogP contribution in [0.3, 0.4) is 0 Å². The van der Waals surface area contributed by atoms with Crippen molar-refractivity contribution in [3.05, 3.63) is 71.4 Å². The van der Waals surface area contributed by atoms with Gasteiger partial charge in [0.15, 0.2) is 5.69 Å². The molecule has 0 bridgehead atoms. The smallest absolute Gasteiger partial charge is 0.357 e. The molecule has 0 aliphatic rings. The molecule has 30 heavy (non-hydrogen) atoms. The average Bonchev–Trinajstić information content (AvgIpc) is 3.18. The normalized spacial score (nSPS) is 10.4. The van der Waals surface area contributed by atoms with Gasteiger partial charge in [0.25, 0.3) is 5.91 Å². The maximum Gasteiger partial charge on any atom is 0.357 e. The molecule has 3 aromatic rings. The minimum Gasteiger partial charge on any atom is -0.465 e. The maximum absolute atomic E-state index is 12.6. The molecule has 0 aliphatic heterocycles. The number of hydrogen-bond donors (Lipinski definition) is 0. The fraction of sp³-hybridized carbons (Fsp3) is 0.182. The number of rotatable bonds is 5. The molecule has 0 atom stereocenters. The summed E-state index contributed by atoms with van der Waals surface area (Å²) in [6, 6.07) is 15.5. The van der Waals surface area contributed by atoms with Crippen molar-refractivity contribution in [2.45, 2.75) is 0 Å². The Bertz CT molecular complexity index is 1090. The molecule has 0 aliphatic carbocycles. The Kier molecular flexibility index (Phi) is 5.96. The third-order valence-corrected chi connectivity index (χ3v) is 4.47. The lowest BCUT2D eigenvalue weighted by atomic mass is 10.0. The Labute approximate surface area is 173 Å². The minimum atomic E-state index is -0.725. The fourth-order valence-electron chi connectivity index (χ4n) is 2.99. The summed E-state index contributed by atoms with van der Waals surface area (Å²) in [7, 11) is 5.78. The molecule has 0 fully saturated rings. The number of methoxy groups -OCH3 is 2. The van der Waals surface area contributed by atoms with E-state index in [-0.39, 0.29) is 22.9 Å². The fourth-order valence-corrected chi connectivity index (χ4v) is 2.99. The molecule has 3 rings (SSSR count). The zero-order valence-electron chi connectivity index (χ0n) is 17.1. The van der Waals surface area contributed by atoms with Crippen molar-refractivity contribution in [1.82, 2.24) is 14.7 Å². The third kappa shape index (κ3) is 3.80. The lowest BCUT2D eigenvalue weighted by Gasteiger charge is -2.10. The van der Waals surface area contributed by atoms with Crippen LogP contribution in [0, 0.1) is 0 Å². The molecule has 2 aromatic carbocycles. The number of hydrogen-bond acceptors (Lipinski definition) is 6. The third-order valence-electron chi connectivity index (χ3n) is 4.47. The van der Waals surface area contributed by atoms with Gasteiger partial charge in [0.1, 0.15) is 11.3 Å². The molecule has 8 heteroatoms. The van der Waals surface area contributed by atoms with Gasteiger partial charge in [-0.2, -0.15) is 5.10 Å². The number of benzene rings is 2. The summed E-state index contributed by atoms with van der Waals surface area (Å²) >= 11 is 0. The first kappa shape index (κ1) is 20.8. The van der Waals surface area contributed by atoms with Crippen molar-refractivity contribution in [3.63, 3.8) is 0 Å². The molecule has 154 valence electrons. The number of aromatic nitrogens is 2. The monoisotopic (exact) mass is 407 g/mol. The van der Waals surface area contributed by atoms with Crippen molar-refractivity contribution >= 4 is 17.8 Å². The average molecular weight is 407 g/mol. The SMILES string of the molecule is COC(=O)c1c(-c2ccc(C(=O)N(C)C)cc2)nn(-c2ccccc2)c1C(=O)OC. The van der Waals surface area contributed by atoms with E-state index in [1.54, 1.807) is 62.6 Å². The first-order chi connectivity index (χ1) is 14.4. The largest absolute Gasteiger partial charge is 0.465 e.